The van der Waals surface area contributed by atoms with E-state index in [9.17, 15) is 4.79 Å². The van der Waals surface area contributed by atoms with E-state index in [1.807, 2.05) is 6.07 Å². The van der Waals surface area contributed by atoms with Crippen LogP contribution in [0.1, 0.15) is 24.8 Å². The molecule has 0 saturated carbocycles. The van der Waals surface area contributed by atoms with Crippen LogP contribution in [0.2, 0.25) is 0 Å². The van der Waals surface area contributed by atoms with Crippen molar-refractivity contribution >= 4 is 5.91 Å². The van der Waals surface area contributed by atoms with E-state index in [-0.39, 0.29) is 12.5 Å². The molecule has 1 aliphatic rings. The number of nitriles is 1. The number of hydrogen-bond donors (Lipinski definition) is 0. The van der Waals surface area contributed by atoms with E-state index in [1.165, 1.54) is 0 Å². The molecule has 4 nitrogen and oxygen atoms in total. The zero-order valence-corrected chi connectivity index (χ0v) is 10.9. The number of likely N-dealkylation sites (N-methyl/N-ethyl adjacent to an activating group) is 1. The van der Waals surface area contributed by atoms with E-state index in [2.05, 4.69) is 6.08 Å². The van der Waals surface area contributed by atoms with Crippen molar-refractivity contribution in [3.05, 3.63) is 41.6 Å². The Bertz CT molecular complexity index is 543. The van der Waals surface area contributed by atoms with E-state index >= 15 is 0 Å². The van der Waals surface area contributed by atoms with Gasteiger partial charge in [-0.2, -0.15) is 5.26 Å². The molecule has 0 N–H and O–H groups in total. The van der Waals surface area contributed by atoms with Gasteiger partial charge >= 0.3 is 0 Å². The summed E-state index contributed by atoms with van der Waals surface area (Å²) in [4.78, 5) is 13.6. The Balaban J connectivity index is 1.95. The molecule has 1 aliphatic carbocycles. The minimum Gasteiger partial charge on any atom is -0.482 e. The molecule has 0 bridgehead atoms. The molecule has 0 unspecified atom stereocenters. The van der Waals surface area contributed by atoms with Crippen LogP contribution in [0.4, 0.5) is 0 Å². The number of carbonyl (C=O) groups is 1. The third kappa shape index (κ3) is 3.14. The summed E-state index contributed by atoms with van der Waals surface area (Å²) in [7, 11) is 1.76. The second kappa shape index (κ2) is 6.05. The number of rotatable bonds is 4. The summed E-state index contributed by atoms with van der Waals surface area (Å²) in [5, 5.41) is 8.93. The highest BCUT2D eigenvalue weighted by atomic mass is 16.5. The average molecular weight is 256 g/mol. The number of allylic oxidation sites excluding steroid dienone is 2. The summed E-state index contributed by atoms with van der Waals surface area (Å²) in [6.45, 7) is -0.0491. The number of hydrogen-bond acceptors (Lipinski definition) is 3. The van der Waals surface area contributed by atoms with Gasteiger partial charge in [-0.15, -0.1) is 0 Å². The molecular weight excluding hydrogens is 240 g/mol. The molecule has 4 heteroatoms. The highest BCUT2D eigenvalue weighted by molar-refractivity contribution is 5.79. The van der Waals surface area contributed by atoms with E-state index in [4.69, 9.17) is 10.00 Å². The van der Waals surface area contributed by atoms with Gasteiger partial charge in [0.2, 0.25) is 0 Å². The van der Waals surface area contributed by atoms with Crippen LogP contribution in [0.3, 0.4) is 0 Å². The van der Waals surface area contributed by atoms with Crippen molar-refractivity contribution in [3.63, 3.8) is 0 Å². The molecule has 1 amide bonds. The monoisotopic (exact) mass is 256 g/mol. The molecule has 98 valence electrons. The van der Waals surface area contributed by atoms with Crippen molar-refractivity contribution in [1.82, 2.24) is 4.90 Å². The zero-order valence-electron chi connectivity index (χ0n) is 10.9. The van der Waals surface area contributed by atoms with Gasteiger partial charge in [0.05, 0.1) is 5.56 Å². The lowest BCUT2D eigenvalue weighted by atomic mass is 10.2. The van der Waals surface area contributed by atoms with Gasteiger partial charge in [0, 0.05) is 12.7 Å². The number of ether oxygens (including phenoxy) is 1. The van der Waals surface area contributed by atoms with Crippen molar-refractivity contribution in [2.75, 3.05) is 13.7 Å². The van der Waals surface area contributed by atoms with Crippen LogP contribution < -0.4 is 4.74 Å². The van der Waals surface area contributed by atoms with Crippen LogP contribution in [0, 0.1) is 11.3 Å². The first kappa shape index (κ1) is 13.2. The van der Waals surface area contributed by atoms with Crippen molar-refractivity contribution in [3.8, 4) is 11.8 Å². The number of para-hydroxylation sites is 1. The largest absolute Gasteiger partial charge is 0.482 e. The Morgan fingerprint density at radius 3 is 2.95 bits per heavy atom. The van der Waals surface area contributed by atoms with Crippen LogP contribution in [0.25, 0.3) is 0 Å². The molecule has 1 aromatic carbocycles. The van der Waals surface area contributed by atoms with Gasteiger partial charge in [0.1, 0.15) is 11.8 Å². The van der Waals surface area contributed by atoms with Gasteiger partial charge in [-0.3, -0.25) is 4.79 Å². The number of carbonyl (C=O) groups excluding carboxylic acids is 1. The first-order valence-electron chi connectivity index (χ1n) is 6.30. The molecule has 0 aromatic heterocycles. The highest BCUT2D eigenvalue weighted by Crippen LogP contribution is 2.21. The minimum absolute atomic E-state index is 0.0491. The lowest BCUT2D eigenvalue weighted by Crippen LogP contribution is -2.30. The van der Waals surface area contributed by atoms with Gasteiger partial charge in [-0.1, -0.05) is 18.2 Å². The van der Waals surface area contributed by atoms with Crippen molar-refractivity contribution in [1.29, 1.82) is 5.26 Å². The topological polar surface area (TPSA) is 53.3 Å². The molecule has 0 saturated heterocycles. The van der Waals surface area contributed by atoms with Crippen LogP contribution >= 0.6 is 0 Å². The maximum Gasteiger partial charge on any atom is 0.264 e. The zero-order chi connectivity index (χ0) is 13.7. The third-order valence-electron chi connectivity index (χ3n) is 3.18. The van der Waals surface area contributed by atoms with Crippen molar-refractivity contribution < 1.29 is 9.53 Å². The van der Waals surface area contributed by atoms with Crippen molar-refractivity contribution in [2.24, 2.45) is 0 Å². The third-order valence-corrected chi connectivity index (χ3v) is 3.18. The molecule has 0 radical (unpaired) electrons. The highest BCUT2D eigenvalue weighted by Gasteiger charge is 2.16. The smallest absolute Gasteiger partial charge is 0.264 e. The van der Waals surface area contributed by atoms with Gasteiger partial charge in [0.15, 0.2) is 6.61 Å². The summed E-state index contributed by atoms with van der Waals surface area (Å²) >= 11 is 0. The summed E-state index contributed by atoms with van der Waals surface area (Å²) < 4.78 is 5.43. The molecule has 19 heavy (non-hydrogen) atoms. The fourth-order valence-corrected chi connectivity index (χ4v) is 2.04. The summed E-state index contributed by atoms with van der Waals surface area (Å²) in [5.41, 5.74) is 1.50. The summed E-state index contributed by atoms with van der Waals surface area (Å²) in [6, 6.07) is 8.96. The maximum absolute atomic E-state index is 12.0. The SMILES string of the molecule is CN(C(=O)COc1ccccc1C#N)C1=CCCC1. The van der Waals surface area contributed by atoms with Gasteiger partial charge in [-0.05, 0) is 31.4 Å². The standard InChI is InChI=1S/C15H16N2O2/c1-17(13-7-3-4-8-13)15(18)11-19-14-9-5-2-6-12(14)10-16/h2,5-7,9H,3-4,8,11H2,1H3. The van der Waals surface area contributed by atoms with Gasteiger partial charge in [-0.25, -0.2) is 0 Å². The molecule has 0 spiro atoms. The van der Waals surface area contributed by atoms with Crippen LogP contribution in [-0.2, 0) is 4.79 Å². The van der Waals surface area contributed by atoms with E-state index in [0.717, 1.165) is 25.0 Å². The Morgan fingerprint density at radius 2 is 2.26 bits per heavy atom. The van der Waals surface area contributed by atoms with Gasteiger partial charge < -0.3 is 9.64 Å². The fourth-order valence-electron chi connectivity index (χ4n) is 2.04. The molecule has 0 fully saturated rings. The minimum atomic E-state index is -0.0964. The second-order valence-corrected chi connectivity index (χ2v) is 4.44. The molecule has 0 atom stereocenters. The number of nitrogens with zero attached hydrogens (tertiary/aromatic N) is 2. The normalized spacial score (nSPS) is 13.6. The number of benzene rings is 1. The summed E-state index contributed by atoms with van der Waals surface area (Å²) in [6.07, 6.45) is 5.16. The number of amides is 1. The quantitative estimate of drug-likeness (QED) is 0.831. The second-order valence-electron chi connectivity index (χ2n) is 4.44. The van der Waals surface area contributed by atoms with Crippen molar-refractivity contribution in [2.45, 2.75) is 19.3 Å². The summed E-state index contributed by atoms with van der Waals surface area (Å²) in [5.74, 6) is 0.355. The van der Waals surface area contributed by atoms with Crippen LogP contribution in [0.15, 0.2) is 36.0 Å². The molecule has 0 aliphatic heterocycles. The Hall–Kier alpha value is -2.28. The lowest BCUT2D eigenvalue weighted by molar-refractivity contribution is -0.130. The first-order chi connectivity index (χ1) is 9.22. The molecule has 0 heterocycles. The van der Waals surface area contributed by atoms with E-state index in [1.54, 1.807) is 36.2 Å². The predicted octanol–water partition coefficient (Wildman–Crippen LogP) is 2.46. The first-order valence-corrected chi connectivity index (χ1v) is 6.30. The molecular formula is C15H16N2O2. The Morgan fingerprint density at radius 1 is 1.47 bits per heavy atom. The predicted molar refractivity (Wildman–Crippen MR) is 71.4 cm³/mol. The fraction of sp³-hybridized carbons (Fsp3) is 0.333. The Kier molecular flexibility index (Phi) is 4.19. The van der Waals surface area contributed by atoms with Crippen LogP contribution in [0.5, 0.6) is 5.75 Å². The lowest BCUT2D eigenvalue weighted by Gasteiger charge is -2.18. The molecule has 2 rings (SSSR count). The average Bonchev–Trinajstić information content (AvgIpc) is 2.98. The van der Waals surface area contributed by atoms with Gasteiger partial charge in [0.25, 0.3) is 5.91 Å². The molecule has 1 aromatic rings. The van der Waals surface area contributed by atoms with E-state index < -0.39 is 0 Å². The van der Waals surface area contributed by atoms with Crippen LogP contribution in [-0.4, -0.2) is 24.5 Å². The van der Waals surface area contributed by atoms with E-state index in [0.29, 0.717) is 11.3 Å². The maximum atomic E-state index is 12.0. The Labute approximate surface area is 112 Å².